The van der Waals surface area contributed by atoms with Crippen molar-refractivity contribution in [2.75, 3.05) is 6.61 Å². The lowest BCUT2D eigenvalue weighted by Crippen LogP contribution is -2.59. The highest BCUT2D eigenvalue weighted by Crippen LogP contribution is 2.51. The molecule has 2 N–H and O–H groups in total. The Morgan fingerprint density at radius 2 is 1.95 bits per heavy atom. The molecule has 0 radical (unpaired) electrons. The molecule has 3 atom stereocenters. The van der Waals surface area contributed by atoms with Gasteiger partial charge < -0.3 is 10.2 Å². The first-order valence-corrected chi connectivity index (χ1v) is 13.3. The van der Waals surface area contributed by atoms with E-state index in [0.29, 0.717) is 22.7 Å². The smallest absolute Gasteiger partial charge is 0.281 e. The summed E-state index contributed by atoms with van der Waals surface area (Å²) in [5.74, 6) is -1.65. The first kappa shape index (κ1) is 27.2. The number of hydrogen-bond donors (Lipinski definition) is 2. The van der Waals surface area contributed by atoms with Gasteiger partial charge in [0.2, 0.25) is 0 Å². The van der Waals surface area contributed by atoms with Crippen molar-refractivity contribution < 1.29 is 24.2 Å². The quantitative estimate of drug-likeness (QED) is 0.421. The molecule has 9 heteroatoms. The maximum absolute atomic E-state index is 16.3. The van der Waals surface area contributed by atoms with Gasteiger partial charge in [-0.15, -0.1) is 0 Å². The molecular formula is C30H29ClFN3O4. The van der Waals surface area contributed by atoms with Crippen LogP contribution in [0.1, 0.15) is 60.4 Å². The number of hydroxylamine groups is 2. The van der Waals surface area contributed by atoms with Crippen molar-refractivity contribution in [3.05, 3.63) is 88.0 Å². The van der Waals surface area contributed by atoms with E-state index in [2.05, 4.69) is 4.98 Å². The lowest BCUT2D eigenvalue weighted by Gasteiger charge is -2.47. The number of nitriles is 1. The van der Waals surface area contributed by atoms with E-state index in [1.807, 2.05) is 6.07 Å². The second-order valence-corrected chi connectivity index (χ2v) is 11.1. The number of carbonyl (C=O) groups excluding carboxylic acids is 1. The number of halogens is 2. The van der Waals surface area contributed by atoms with Gasteiger partial charge in [-0.25, -0.2) is 14.4 Å². The Morgan fingerprint density at radius 3 is 2.62 bits per heavy atom. The first-order valence-electron chi connectivity index (χ1n) is 12.9. The van der Waals surface area contributed by atoms with E-state index < -0.39 is 29.0 Å². The third kappa shape index (κ3) is 4.60. The molecular weight excluding hydrogens is 521 g/mol. The van der Waals surface area contributed by atoms with E-state index in [-0.39, 0.29) is 41.3 Å². The number of hydrogen-bond acceptors (Lipinski definition) is 6. The molecule has 0 bridgehead atoms. The summed E-state index contributed by atoms with van der Waals surface area (Å²) in [6.45, 7) is 2.97. The monoisotopic (exact) mass is 549 g/mol. The molecule has 1 fully saturated rings. The van der Waals surface area contributed by atoms with Crippen LogP contribution >= 0.6 is 11.6 Å². The number of fused-ring (bicyclic) bond motifs is 1. The van der Waals surface area contributed by atoms with Crippen LogP contribution in [0.5, 0.6) is 0 Å². The van der Waals surface area contributed by atoms with E-state index in [4.69, 9.17) is 16.4 Å². The van der Waals surface area contributed by atoms with E-state index in [1.54, 1.807) is 68.4 Å². The molecule has 1 aliphatic heterocycles. The van der Waals surface area contributed by atoms with Gasteiger partial charge in [-0.1, -0.05) is 48.4 Å². The molecule has 1 aromatic heterocycles. The number of amides is 1. The predicted molar refractivity (Wildman–Crippen MR) is 143 cm³/mol. The van der Waals surface area contributed by atoms with Gasteiger partial charge in [0.05, 0.1) is 17.3 Å². The zero-order chi connectivity index (χ0) is 27.9. The third-order valence-electron chi connectivity index (χ3n) is 7.92. The summed E-state index contributed by atoms with van der Waals surface area (Å²) in [7, 11) is 0. The van der Waals surface area contributed by atoms with Gasteiger partial charge in [-0.3, -0.25) is 9.63 Å². The Balaban J connectivity index is 1.71. The fourth-order valence-electron chi connectivity index (χ4n) is 5.85. The fourth-order valence-corrected chi connectivity index (χ4v) is 5.98. The number of rotatable bonds is 7. The SMILES string of the molecule is CC(C)(O)[C@@]1(Cc2cccc(C#N)n2)c2ccc(-c3ccc(Cl)cc3)c(F)c2C(=O)N1OC1CCCC1CO. The number of nitrogens with zero attached hydrogens (tertiary/aromatic N) is 3. The molecule has 1 aliphatic carbocycles. The van der Waals surface area contributed by atoms with Gasteiger partial charge in [0.25, 0.3) is 5.91 Å². The van der Waals surface area contributed by atoms with Crippen LogP contribution in [0.15, 0.2) is 54.6 Å². The Labute approximate surface area is 231 Å². The molecule has 39 heavy (non-hydrogen) atoms. The Kier molecular flexibility index (Phi) is 7.21. The highest BCUT2D eigenvalue weighted by atomic mass is 35.5. The summed E-state index contributed by atoms with van der Waals surface area (Å²) in [4.78, 5) is 24.8. The normalized spacial score (nSPS) is 22.7. The summed E-state index contributed by atoms with van der Waals surface area (Å²) in [5.41, 5.74) is -1.79. The Morgan fingerprint density at radius 1 is 1.21 bits per heavy atom. The van der Waals surface area contributed by atoms with Gasteiger partial charge in [-0.05, 0) is 62.1 Å². The molecule has 0 spiro atoms. The number of benzene rings is 2. The van der Waals surface area contributed by atoms with Crippen LogP contribution in [0.3, 0.4) is 0 Å². The second kappa shape index (κ2) is 10.3. The molecule has 2 aromatic carbocycles. The third-order valence-corrected chi connectivity index (χ3v) is 8.17. The minimum absolute atomic E-state index is 0.0407. The zero-order valence-electron chi connectivity index (χ0n) is 21.7. The summed E-state index contributed by atoms with van der Waals surface area (Å²) >= 11 is 6.02. The minimum Gasteiger partial charge on any atom is -0.396 e. The van der Waals surface area contributed by atoms with Crippen molar-refractivity contribution >= 4 is 17.5 Å². The highest BCUT2D eigenvalue weighted by molar-refractivity contribution is 6.30. The topological polar surface area (TPSA) is 107 Å². The average molecular weight is 550 g/mol. The molecule has 0 saturated heterocycles. The number of aromatic nitrogens is 1. The van der Waals surface area contributed by atoms with Crippen molar-refractivity contribution in [3.8, 4) is 17.2 Å². The summed E-state index contributed by atoms with van der Waals surface area (Å²) < 4.78 is 16.3. The fraction of sp³-hybridized carbons (Fsp3) is 0.367. The number of pyridine rings is 1. The highest BCUT2D eigenvalue weighted by Gasteiger charge is 2.61. The van der Waals surface area contributed by atoms with Crippen LogP contribution in [0.4, 0.5) is 4.39 Å². The maximum Gasteiger partial charge on any atom is 0.281 e. The van der Waals surface area contributed by atoms with E-state index in [0.717, 1.165) is 17.9 Å². The van der Waals surface area contributed by atoms with Gasteiger partial charge in [0.15, 0.2) is 0 Å². The summed E-state index contributed by atoms with van der Waals surface area (Å²) in [6, 6.07) is 16.8. The standard InChI is InChI=1S/C30H29ClFN3O4/c1-29(2,38)30(15-21-6-4-7-22(16-33)34-21)24-14-13-23(18-9-11-20(31)12-10-18)27(32)26(24)28(37)35(30)39-25-8-3-5-19(25)17-36/h4,6-7,9-14,19,25,36,38H,3,5,8,15,17H2,1-2H3/t19?,25?,30-/m1/s1. The van der Waals surface area contributed by atoms with E-state index in [1.165, 1.54) is 0 Å². The average Bonchev–Trinajstić information content (AvgIpc) is 3.46. The molecule has 7 nitrogen and oxygen atoms in total. The lowest BCUT2D eigenvalue weighted by atomic mass is 9.73. The number of carbonyl (C=O) groups is 1. The second-order valence-electron chi connectivity index (χ2n) is 10.7. The number of aliphatic hydroxyl groups excluding tert-OH is 1. The molecule has 2 aliphatic rings. The van der Waals surface area contributed by atoms with Crippen LogP contribution < -0.4 is 0 Å². The van der Waals surface area contributed by atoms with Crippen LogP contribution in [0.25, 0.3) is 11.1 Å². The van der Waals surface area contributed by atoms with Gasteiger partial charge in [-0.2, -0.15) is 5.26 Å². The van der Waals surface area contributed by atoms with Crippen molar-refractivity contribution in [2.45, 2.75) is 56.8 Å². The van der Waals surface area contributed by atoms with Gasteiger partial charge >= 0.3 is 0 Å². The van der Waals surface area contributed by atoms with Crippen molar-refractivity contribution in [2.24, 2.45) is 5.92 Å². The molecule has 2 unspecified atom stereocenters. The largest absolute Gasteiger partial charge is 0.396 e. The molecule has 2 heterocycles. The van der Waals surface area contributed by atoms with E-state index in [9.17, 15) is 20.3 Å². The molecule has 202 valence electrons. The van der Waals surface area contributed by atoms with Crippen molar-refractivity contribution in [1.29, 1.82) is 5.26 Å². The van der Waals surface area contributed by atoms with Gasteiger partial charge in [0, 0.05) is 35.2 Å². The van der Waals surface area contributed by atoms with Crippen LogP contribution in [0, 0.1) is 23.1 Å². The molecule has 3 aromatic rings. The maximum atomic E-state index is 16.3. The molecule has 1 amide bonds. The van der Waals surface area contributed by atoms with E-state index >= 15 is 4.39 Å². The molecule has 5 rings (SSSR count). The van der Waals surface area contributed by atoms with Gasteiger partial charge in [0.1, 0.15) is 23.1 Å². The van der Waals surface area contributed by atoms with Crippen LogP contribution in [-0.4, -0.2) is 44.5 Å². The number of aliphatic hydroxyl groups is 2. The summed E-state index contributed by atoms with van der Waals surface area (Å²) in [5, 5.41) is 32.7. The van der Waals surface area contributed by atoms with Crippen LogP contribution in [-0.2, 0) is 16.8 Å². The van der Waals surface area contributed by atoms with Crippen LogP contribution in [0.2, 0.25) is 5.02 Å². The Bertz CT molecular complexity index is 1450. The summed E-state index contributed by atoms with van der Waals surface area (Å²) in [6.07, 6.45) is 1.61. The predicted octanol–water partition coefficient (Wildman–Crippen LogP) is 5.17. The first-order chi connectivity index (χ1) is 18.6. The minimum atomic E-state index is -1.64. The van der Waals surface area contributed by atoms with Crippen molar-refractivity contribution in [3.63, 3.8) is 0 Å². The van der Waals surface area contributed by atoms with Crippen molar-refractivity contribution in [1.82, 2.24) is 10.0 Å². The molecule has 1 saturated carbocycles. The lowest BCUT2D eigenvalue weighted by molar-refractivity contribution is -0.261. The zero-order valence-corrected chi connectivity index (χ0v) is 22.5. The Hall–Kier alpha value is -3.35.